The number of hydrogen-bond acceptors (Lipinski definition) is 6. The number of nitrogens with one attached hydrogen (secondary N) is 4. The summed E-state index contributed by atoms with van der Waals surface area (Å²) in [6.45, 7) is -0.0102. The van der Waals surface area contributed by atoms with Crippen LogP contribution in [0.15, 0.2) is 12.1 Å². The maximum atomic E-state index is 13.2. The fourth-order valence-electron chi connectivity index (χ4n) is 2.64. The topological polar surface area (TPSA) is 98.0 Å². The quantitative estimate of drug-likeness (QED) is 0.476. The van der Waals surface area contributed by atoms with E-state index < -0.39 is 24.6 Å². The summed E-state index contributed by atoms with van der Waals surface area (Å²) in [5, 5.41) is 14.1. The van der Waals surface area contributed by atoms with Crippen molar-refractivity contribution < 1.29 is 26.7 Å². The molecule has 0 atom stereocenters. The van der Waals surface area contributed by atoms with Crippen LogP contribution in [-0.2, 0) is 6.54 Å². The molecule has 1 aromatic heterocycles. The zero-order valence-electron chi connectivity index (χ0n) is 16.7. The van der Waals surface area contributed by atoms with Crippen LogP contribution in [-0.4, -0.2) is 60.9 Å². The Bertz CT molecular complexity index is 897. The van der Waals surface area contributed by atoms with Crippen molar-refractivity contribution in [3.8, 4) is 0 Å². The Kier molecular flexibility index (Phi) is 6.73. The summed E-state index contributed by atoms with van der Waals surface area (Å²) in [6.07, 6.45) is -5.77. The van der Waals surface area contributed by atoms with Gasteiger partial charge >= 0.3 is 12.1 Å². The van der Waals surface area contributed by atoms with Crippen LogP contribution in [0.3, 0.4) is 0 Å². The molecule has 0 radical (unpaired) electrons. The molecular weight excluding hydrogens is 413 g/mol. The minimum atomic E-state index is -5.77. The molecule has 0 bridgehead atoms. The third kappa shape index (κ3) is 5.07. The van der Waals surface area contributed by atoms with Crippen LogP contribution in [0.1, 0.15) is 22.0 Å². The Morgan fingerprint density at radius 3 is 2.23 bits per heavy atom. The predicted octanol–water partition coefficient (Wildman–Crippen LogP) is 2.76. The number of rotatable bonds is 8. The van der Waals surface area contributed by atoms with E-state index in [1.165, 1.54) is 6.07 Å². The first-order valence-corrected chi connectivity index (χ1v) is 8.75. The van der Waals surface area contributed by atoms with Gasteiger partial charge in [-0.15, -0.1) is 0 Å². The van der Waals surface area contributed by atoms with Gasteiger partial charge in [-0.2, -0.15) is 27.1 Å². The molecule has 1 heterocycles. The lowest BCUT2D eigenvalue weighted by molar-refractivity contribution is -0.278. The number of aromatic nitrogens is 3. The Morgan fingerprint density at radius 1 is 1.13 bits per heavy atom. The number of anilines is 3. The van der Waals surface area contributed by atoms with Gasteiger partial charge in [0, 0.05) is 21.1 Å². The molecule has 8 nitrogen and oxygen atoms in total. The number of amides is 1. The highest BCUT2D eigenvalue weighted by atomic mass is 19.4. The van der Waals surface area contributed by atoms with E-state index in [4.69, 9.17) is 0 Å². The van der Waals surface area contributed by atoms with Crippen molar-refractivity contribution in [2.75, 3.05) is 43.2 Å². The lowest BCUT2D eigenvalue weighted by Crippen LogP contribution is -2.47. The van der Waals surface area contributed by atoms with Crippen molar-refractivity contribution in [2.24, 2.45) is 0 Å². The summed E-state index contributed by atoms with van der Waals surface area (Å²) in [5.41, 5.74) is 1.23. The normalized spacial score (nSPS) is 11.9. The molecule has 0 saturated carbocycles. The number of benzene rings is 1. The van der Waals surface area contributed by atoms with Gasteiger partial charge in [0.2, 0.25) is 0 Å². The number of carbonyl (C=O) groups excluding carboxylic acids is 1. The van der Waals surface area contributed by atoms with Crippen molar-refractivity contribution >= 4 is 23.0 Å². The molecule has 1 amide bonds. The summed E-state index contributed by atoms with van der Waals surface area (Å²) < 4.78 is 63.7. The van der Waals surface area contributed by atoms with Gasteiger partial charge in [-0.1, -0.05) is 0 Å². The standard InChI is InChI=1S/C17H22F5N7O/c1-9-26-14(28-27-9)7-29(4)13-6-12(24-3)11(23-2)5-10(13)15(30)25-8-16(18,19)17(20,21)22/h5-6,23-24H,7-8H2,1-4H3,(H,25,30)(H,26,27,28). The molecule has 4 N–H and O–H groups in total. The monoisotopic (exact) mass is 435 g/mol. The number of nitrogens with zero attached hydrogens (tertiary/aromatic N) is 3. The second-order valence-corrected chi connectivity index (χ2v) is 6.49. The van der Waals surface area contributed by atoms with E-state index >= 15 is 0 Å². The third-order valence-corrected chi connectivity index (χ3v) is 4.24. The lowest BCUT2D eigenvalue weighted by Gasteiger charge is -2.24. The maximum absolute atomic E-state index is 13.2. The van der Waals surface area contributed by atoms with Gasteiger partial charge < -0.3 is 20.9 Å². The van der Waals surface area contributed by atoms with Crippen molar-refractivity contribution in [1.29, 1.82) is 0 Å². The summed E-state index contributed by atoms with van der Waals surface area (Å²) in [4.78, 5) is 18.3. The minimum Gasteiger partial charge on any atom is -0.386 e. The molecule has 0 aliphatic rings. The van der Waals surface area contributed by atoms with E-state index in [9.17, 15) is 26.7 Å². The number of carbonyl (C=O) groups is 1. The van der Waals surface area contributed by atoms with Gasteiger partial charge in [-0.05, 0) is 19.1 Å². The zero-order valence-corrected chi connectivity index (χ0v) is 16.7. The maximum Gasteiger partial charge on any atom is 0.455 e. The molecule has 0 aliphatic carbocycles. The number of halogens is 5. The van der Waals surface area contributed by atoms with Gasteiger partial charge in [0.25, 0.3) is 5.91 Å². The lowest BCUT2D eigenvalue weighted by atomic mass is 10.1. The fourth-order valence-corrected chi connectivity index (χ4v) is 2.64. The van der Waals surface area contributed by atoms with Crippen LogP contribution in [0.25, 0.3) is 0 Å². The molecule has 0 spiro atoms. The number of aryl methyl sites for hydroxylation is 1. The second kappa shape index (κ2) is 8.71. The molecule has 2 aromatic rings. The highest BCUT2D eigenvalue weighted by Crippen LogP contribution is 2.35. The molecule has 0 aliphatic heterocycles. The Morgan fingerprint density at radius 2 is 1.73 bits per heavy atom. The van der Waals surface area contributed by atoms with Crippen LogP contribution >= 0.6 is 0 Å². The first-order chi connectivity index (χ1) is 13.9. The molecule has 13 heteroatoms. The van der Waals surface area contributed by atoms with Crippen molar-refractivity contribution in [3.63, 3.8) is 0 Å². The molecule has 1 aromatic carbocycles. The molecule has 2 rings (SSSR count). The smallest absolute Gasteiger partial charge is 0.386 e. The molecular formula is C17H22F5N7O. The zero-order chi connectivity index (χ0) is 22.7. The summed E-state index contributed by atoms with van der Waals surface area (Å²) >= 11 is 0. The molecule has 0 fully saturated rings. The SMILES string of the molecule is CNc1cc(C(=O)NCC(F)(F)C(F)(F)F)c(N(C)Cc2n[nH]c(C)n2)cc1NC. The van der Waals surface area contributed by atoms with E-state index in [1.54, 1.807) is 44.3 Å². The van der Waals surface area contributed by atoms with E-state index in [1.807, 2.05) is 0 Å². The first-order valence-electron chi connectivity index (χ1n) is 8.75. The first kappa shape index (κ1) is 23.2. The largest absolute Gasteiger partial charge is 0.455 e. The third-order valence-electron chi connectivity index (χ3n) is 4.24. The fraction of sp³-hybridized carbons (Fsp3) is 0.471. The van der Waals surface area contributed by atoms with Crippen LogP contribution in [0.2, 0.25) is 0 Å². The van der Waals surface area contributed by atoms with Crippen LogP contribution < -0.4 is 20.9 Å². The summed E-state index contributed by atoms with van der Waals surface area (Å²) in [6, 6.07) is 2.93. The van der Waals surface area contributed by atoms with Gasteiger partial charge in [0.05, 0.1) is 35.7 Å². The second-order valence-electron chi connectivity index (χ2n) is 6.49. The Hall–Kier alpha value is -3.12. The molecule has 0 unspecified atom stereocenters. The van der Waals surface area contributed by atoms with Crippen molar-refractivity contribution in [2.45, 2.75) is 25.6 Å². The van der Waals surface area contributed by atoms with Crippen molar-refractivity contribution in [1.82, 2.24) is 20.5 Å². The molecule has 166 valence electrons. The van der Waals surface area contributed by atoms with E-state index in [-0.39, 0.29) is 17.8 Å². The van der Waals surface area contributed by atoms with E-state index in [2.05, 4.69) is 25.8 Å². The van der Waals surface area contributed by atoms with Gasteiger partial charge in [0.1, 0.15) is 5.82 Å². The van der Waals surface area contributed by atoms with Crippen LogP contribution in [0, 0.1) is 6.92 Å². The minimum absolute atomic E-state index is 0.0916. The number of alkyl halides is 5. The number of hydrogen-bond donors (Lipinski definition) is 4. The average Bonchev–Trinajstić information content (AvgIpc) is 3.08. The summed E-state index contributed by atoms with van der Waals surface area (Å²) in [7, 11) is 4.83. The number of aromatic amines is 1. The van der Waals surface area contributed by atoms with Gasteiger partial charge in [0.15, 0.2) is 5.82 Å². The highest BCUT2D eigenvalue weighted by Gasteiger charge is 2.57. The number of H-pyrrole nitrogens is 1. The Labute approximate surface area is 169 Å². The van der Waals surface area contributed by atoms with E-state index in [0.29, 0.717) is 23.0 Å². The van der Waals surface area contributed by atoms with Crippen molar-refractivity contribution in [3.05, 3.63) is 29.3 Å². The van der Waals surface area contributed by atoms with E-state index in [0.717, 1.165) is 0 Å². The molecule has 0 saturated heterocycles. The van der Waals surface area contributed by atoms with Crippen LogP contribution in [0.4, 0.5) is 39.0 Å². The van der Waals surface area contributed by atoms with Gasteiger partial charge in [-0.3, -0.25) is 9.89 Å². The highest BCUT2D eigenvalue weighted by molar-refractivity contribution is 6.02. The van der Waals surface area contributed by atoms with Crippen LogP contribution in [0.5, 0.6) is 0 Å². The Balaban J connectivity index is 2.37. The average molecular weight is 435 g/mol. The predicted molar refractivity (Wildman–Crippen MR) is 102 cm³/mol. The summed E-state index contributed by atoms with van der Waals surface area (Å²) in [5.74, 6) is -5.14. The molecule has 30 heavy (non-hydrogen) atoms. The van der Waals surface area contributed by atoms with Gasteiger partial charge in [-0.25, -0.2) is 4.98 Å².